The Morgan fingerprint density at radius 3 is 2.78 bits per heavy atom. The first kappa shape index (κ1) is 19.5. The summed E-state index contributed by atoms with van der Waals surface area (Å²) in [7, 11) is 1.90. The summed E-state index contributed by atoms with van der Waals surface area (Å²) in [6.07, 6.45) is 3.84. The van der Waals surface area contributed by atoms with Crippen molar-refractivity contribution in [1.29, 1.82) is 0 Å². The number of halogens is 1. The first-order valence-electron chi connectivity index (χ1n) is 8.65. The third kappa shape index (κ3) is 4.05. The number of amides is 1. The highest BCUT2D eigenvalue weighted by Gasteiger charge is 2.35. The molecule has 27 heavy (non-hydrogen) atoms. The van der Waals surface area contributed by atoms with Crippen molar-refractivity contribution >= 4 is 34.7 Å². The minimum Gasteiger partial charge on any atom is -0.316 e. The Morgan fingerprint density at radius 1 is 1.30 bits per heavy atom. The van der Waals surface area contributed by atoms with Gasteiger partial charge in [-0.05, 0) is 12.5 Å². The maximum atomic E-state index is 13.0. The van der Waals surface area contributed by atoms with Crippen LogP contribution < -0.4 is 10.6 Å². The van der Waals surface area contributed by atoms with E-state index in [0.29, 0.717) is 6.54 Å². The van der Waals surface area contributed by atoms with Gasteiger partial charge in [0.25, 0.3) is 0 Å². The number of benzene rings is 1. The highest BCUT2D eigenvalue weighted by Crippen LogP contribution is 2.35. The van der Waals surface area contributed by atoms with Crippen LogP contribution in [0, 0.1) is 12.8 Å². The molecular weight excluding hydrogens is 382 g/mol. The summed E-state index contributed by atoms with van der Waals surface area (Å²) in [5.74, 6) is 0.0489. The average molecular weight is 404 g/mol. The lowest BCUT2D eigenvalue weighted by molar-refractivity contribution is -0.119. The van der Waals surface area contributed by atoms with Crippen LogP contribution in [-0.2, 0) is 11.8 Å². The van der Waals surface area contributed by atoms with Crippen molar-refractivity contribution in [2.45, 2.75) is 12.8 Å². The largest absolute Gasteiger partial charge is 0.316 e. The van der Waals surface area contributed by atoms with Crippen molar-refractivity contribution < 1.29 is 4.79 Å². The van der Waals surface area contributed by atoms with E-state index >= 15 is 0 Å². The summed E-state index contributed by atoms with van der Waals surface area (Å²) in [6.45, 7) is 3.42. The molecule has 1 amide bonds. The van der Waals surface area contributed by atoms with Gasteiger partial charge in [0.1, 0.15) is 10.7 Å². The van der Waals surface area contributed by atoms with E-state index in [1.165, 1.54) is 11.3 Å². The van der Waals surface area contributed by atoms with Gasteiger partial charge in [-0.2, -0.15) is 5.10 Å². The van der Waals surface area contributed by atoms with E-state index in [9.17, 15) is 4.79 Å². The summed E-state index contributed by atoms with van der Waals surface area (Å²) in [5.41, 5.74) is 2.95. The van der Waals surface area contributed by atoms with Crippen molar-refractivity contribution in [3.05, 3.63) is 53.3 Å². The van der Waals surface area contributed by atoms with Crippen molar-refractivity contribution in [2.24, 2.45) is 13.0 Å². The fraction of sp³-hybridized carbons (Fsp3) is 0.316. The molecule has 0 saturated carbocycles. The summed E-state index contributed by atoms with van der Waals surface area (Å²) in [6, 6.07) is 9.97. The molecule has 1 aliphatic rings. The number of hydrogen-bond acceptors (Lipinski definition) is 5. The van der Waals surface area contributed by atoms with Crippen LogP contribution in [0.4, 0.5) is 5.00 Å². The summed E-state index contributed by atoms with van der Waals surface area (Å²) < 4.78 is 1.78. The Hall–Kier alpha value is -2.22. The molecule has 142 valence electrons. The second-order valence-electron chi connectivity index (χ2n) is 6.58. The lowest BCUT2D eigenvalue weighted by Crippen LogP contribution is -2.27. The molecule has 3 aromatic rings. The smallest absolute Gasteiger partial charge is 0.230 e. The molecular formula is C19H22ClN5OS. The van der Waals surface area contributed by atoms with E-state index in [0.717, 1.165) is 33.4 Å². The number of nitrogens with zero attached hydrogens (tertiary/aromatic N) is 3. The molecule has 2 aromatic heterocycles. The van der Waals surface area contributed by atoms with Gasteiger partial charge in [-0.25, -0.2) is 4.98 Å². The molecule has 1 aromatic carbocycles. The first-order valence-corrected chi connectivity index (χ1v) is 9.46. The van der Waals surface area contributed by atoms with Gasteiger partial charge in [0, 0.05) is 37.8 Å². The van der Waals surface area contributed by atoms with Gasteiger partial charge in [-0.1, -0.05) is 30.3 Å². The second kappa shape index (κ2) is 8.21. The highest BCUT2D eigenvalue weighted by molar-refractivity contribution is 7.16. The van der Waals surface area contributed by atoms with E-state index in [1.54, 1.807) is 4.68 Å². The number of aromatic nitrogens is 3. The fourth-order valence-electron chi connectivity index (χ4n) is 3.44. The molecule has 1 aliphatic heterocycles. The summed E-state index contributed by atoms with van der Waals surface area (Å²) in [4.78, 5) is 17.6. The predicted molar refractivity (Wildman–Crippen MR) is 110 cm³/mol. The molecule has 8 heteroatoms. The average Bonchev–Trinajstić information content (AvgIpc) is 3.35. The zero-order valence-corrected chi connectivity index (χ0v) is 16.8. The van der Waals surface area contributed by atoms with E-state index in [4.69, 9.17) is 0 Å². The van der Waals surface area contributed by atoms with Gasteiger partial charge in [0.05, 0.1) is 17.1 Å². The molecule has 6 nitrogen and oxygen atoms in total. The van der Waals surface area contributed by atoms with Gasteiger partial charge >= 0.3 is 0 Å². The standard InChI is InChI=1S/C19H21N5OS.ClH/c1-12-22-17(13-6-4-3-5-7-13)19(26-12)23-18(25)16-10-20-9-15(16)14-8-21-24(2)11-14;/h3-8,11,15-16,20H,9-10H2,1-2H3,(H,23,25);1H/t15-,16+;/m1./s1. The van der Waals surface area contributed by atoms with Crippen LogP contribution in [0.5, 0.6) is 0 Å². The molecule has 4 rings (SSSR count). The maximum Gasteiger partial charge on any atom is 0.230 e. The van der Waals surface area contributed by atoms with Gasteiger partial charge in [0.2, 0.25) is 5.91 Å². The van der Waals surface area contributed by atoms with Gasteiger partial charge in [-0.3, -0.25) is 9.48 Å². The topological polar surface area (TPSA) is 71.8 Å². The highest BCUT2D eigenvalue weighted by atomic mass is 35.5. The van der Waals surface area contributed by atoms with E-state index in [-0.39, 0.29) is 30.2 Å². The Kier molecular flexibility index (Phi) is 5.94. The number of carbonyl (C=O) groups excluding carboxylic acids is 1. The summed E-state index contributed by atoms with van der Waals surface area (Å²) in [5, 5.41) is 12.5. The Balaban J connectivity index is 0.00000210. The molecule has 0 bridgehead atoms. The molecule has 0 aliphatic carbocycles. The monoisotopic (exact) mass is 403 g/mol. The van der Waals surface area contributed by atoms with Crippen LogP contribution >= 0.6 is 23.7 Å². The number of anilines is 1. The maximum absolute atomic E-state index is 13.0. The van der Waals surface area contributed by atoms with E-state index < -0.39 is 0 Å². The number of aryl methyl sites for hydroxylation is 2. The zero-order chi connectivity index (χ0) is 18.1. The Labute approximate surface area is 168 Å². The van der Waals surface area contributed by atoms with E-state index in [1.807, 2.05) is 56.7 Å². The molecule has 0 unspecified atom stereocenters. The molecule has 0 radical (unpaired) electrons. The predicted octanol–water partition coefficient (Wildman–Crippen LogP) is 3.22. The fourth-order valence-corrected chi connectivity index (χ4v) is 4.29. The van der Waals surface area contributed by atoms with Crippen molar-refractivity contribution in [2.75, 3.05) is 18.4 Å². The Morgan fingerprint density at radius 2 is 2.07 bits per heavy atom. The molecule has 2 atom stereocenters. The lowest BCUT2D eigenvalue weighted by atomic mass is 9.90. The Bertz CT molecular complexity index is 923. The second-order valence-corrected chi connectivity index (χ2v) is 7.79. The van der Waals surface area contributed by atoms with Gasteiger partial charge < -0.3 is 10.6 Å². The van der Waals surface area contributed by atoms with E-state index in [2.05, 4.69) is 20.7 Å². The number of rotatable bonds is 4. The van der Waals surface area contributed by atoms with Crippen LogP contribution in [0.3, 0.4) is 0 Å². The minimum atomic E-state index is -0.120. The van der Waals surface area contributed by atoms with Gasteiger partial charge in [-0.15, -0.1) is 23.7 Å². The number of hydrogen-bond donors (Lipinski definition) is 2. The number of nitrogens with one attached hydrogen (secondary N) is 2. The SMILES string of the molecule is Cc1nc(-c2ccccc2)c(NC(=O)[C@H]2CNC[C@@H]2c2cnn(C)c2)s1.Cl. The summed E-state index contributed by atoms with van der Waals surface area (Å²) >= 11 is 1.52. The van der Waals surface area contributed by atoms with Crippen molar-refractivity contribution in [3.63, 3.8) is 0 Å². The molecule has 3 heterocycles. The first-order chi connectivity index (χ1) is 12.6. The number of carbonyl (C=O) groups is 1. The van der Waals surface area contributed by atoms with Crippen LogP contribution in [0.1, 0.15) is 16.5 Å². The normalized spacial score (nSPS) is 18.9. The third-order valence-corrected chi connectivity index (χ3v) is 5.61. The van der Waals surface area contributed by atoms with Crippen LogP contribution in [0.25, 0.3) is 11.3 Å². The zero-order valence-electron chi connectivity index (χ0n) is 15.2. The van der Waals surface area contributed by atoms with Gasteiger partial charge in [0.15, 0.2) is 0 Å². The minimum absolute atomic E-state index is 0. The molecule has 2 N–H and O–H groups in total. The van der Waals surface area contributed by atoms with Crippen molar-refractivity contribution in [3.8, 4) is 11.3 Å². The van der Waals surface area contributed by atoms with Crippen LogP contribution in [-0.4, -0.2) is 33.8 Å². The third-order valence-electron chi connectivity index (χ3n) is 4.72. The lowest BCUT2D eigenvalue weighted by Gasteiger charge is -2.16. The number of thiazole rings is 1. The van der Waals surface area contributed by atoms with Crippen LogP contribution in [0.2, 0.25) is 0 Å². The van der Waals surface area contributed by atoms with Crippen LogP contribution in [0.15, 0.2) is 42.7 Å². The molecule has 1 fully saturated rings. The molecule has 0 spiro atoms. The molecule has 1 saturated heterocycles. The van der Waals surface area contributed by atoms with Crippen molar-refractivity contribution in [1.82, 2.24) is 20.1 Å². The quantitative estimate of drug-likeness (QED) is 0.701.